The monoisotopic (exact) mass is 272 g/mol. The van der Waals surface area contributed by atoms with Crippen LogP contribution >= 0.6 is 0 Å². The largest absolute Gasteiger partial charge is 0.397 e. The number of alkyl halides is 1. The van der Waals surface area contributed by atoms with Crippen molar-refractivity contribution in [2.45, 2.75) is 23.9 Å². The molecule has 0 spiro atoms. The van der Waals surface area contributed by atoms with Crippen LogP contribution in [0.3, 0.4) is 0 Å². The van der Waals surface area contributed by atoms with E-state index in [2.05, 4.69) is 0 Å². The molecule has 2 rings (SSSR count). The van der Waals surface area contributed by atoms with E-state index in [1.165, 1.54) is 12.1 Å². The topological polar surface area (TPSA) is 63.4 Å². The maximum Gasteiger partial charge on any atom is 0.175 e. The molecule has 0 amide bonds. The molecule has 0 unspecified atom stereocenters. The molecule has 1 aliphatic heterocycles. The summed E-state index contributed by atoms with van der Waals surface area (Å²) in [5.74, 6) is 0. The zero-order chi connectivity index (χ0) is 13.3. The molecule has 0 aromatic heterocycles. The number of anilines is 2. The molecule has 1 aromatic carbocycles. The lowest BCUT2D eigenvalue weighted by molar-refractivity contribution is 0.287. The van der Waals surface area contributed by atoms with E-state index in [1.807, 2.05) is 4.90 Å². The Hall–Kier alpha value is -1.30. The summed E-state index contributed by atoms with van der Waals surface area (Å²) in [6, 6.07) is 4.61. The lowest BCUT2D eigenvalue weighted by atomic mass is 10.1. The van der Waals surface area contributed by atoms with Gasteiger partial charge in [0, 0.05) is 19.3 Å². The summed E-state index contributed by atoms with van der Waals surface area (Å²) in [6.45, 7) is 1.07. The Morgan fingerprint density at radius 1 is 1.44 bits per heavy atom. The highest BCUT2D eigenvalue weighted by Crippen LogP contribution is 2.29. The van der Waals surface area contributed by atoms with E-state index >= 15 is 0 Å². The molecular formula is C12H17FN2O2S. The predicted molar refractivity (Wildman–Crippen MR) is 70.3 cm³/mol. The number of hydrogen-bond donors (Lipinski definition) is 1. The van der Waals surface area contributed by atoms with E-state index in [-0.39, 0.29) is 4.90 Å². The third kappa shape index (κ3) is 2.75. The van der Waals surface area contributed by atoms with Crippen LogP contribution in [0.25, 0.3) is 0 Å². The molecule has 1 heterocycles. The average molecular weight is 272 g/mol. The first kappa shape index (κ1) is 13.1. The first-order chi connectivity index (χ1) is 8.38. The predicted octanol–water partition coefficient (Wildman–Crippen LogP) is 1.61. The molecule has 1 fully saturated rings. The molecule has 0 aliphatic carbocycles. The fourth-order valence-corrected chi connectivity index (χ4v) is 2.85. The first-order valence-corrected chi connectivity index (χ1v) is 7.75. The molecule has 1 saturated heterocycles. The quantitative estimate of drug-likeness (QED) is 0.831. The summed E-state index contributed by atoms with van der Waals surface area (Å²) < 4.78 is 36.1. The highest BCUT2D eigenvalue weighted by Gasteiger charge is 2.21. The lowest BCUT2D eigenvalue weighted by Gasteiger charge is -2.31. The van der Waals surface area contributed by atoms with Crippen molar-refractivity contribution in [2.75, 3.05) is 30.0 Å². The summed E-state index contributed by atoms with van der Waals surface area (Å²) in [4.78, 5) is 2.06. The maximum absolute atomic E-state index is 13.3. The van der Waals surface area contributed by atoms with Crippen LogP contribution in [0, 0.1) is 0 Å². The van der Waals surface area contributed by atoms with Gasteiger partial charge in [0.15, 0.2) is 9.84 Å². The Morgan fingerprint density at radius 2 is 2.17 bits per heavy atom. The molecule has 6 heteroatoms. The minimum atomic E-state index is -3.26. The van der Waals surface area contributed by atoms with E-state index < -0.39 is 16.0 Å². The van der Waals surface area contributed by atoms with Gasteiger partial charge in [0.25, 0.3) is 0 Å². The number of nitrogens with two attached hydrogens (primary N) is 1. The number of sulfone groups is 1. The van der Waals surface area contributed by atoms with Gasteiger partial charge in [-0.05, 0) is 31.0 Å². The summed E-state index contributed by atoms with van der Waals surface area (Å²) >= 11 is 0. The molecule has 1 aliphatic rings. The van der Waals surface area contributed by atoms with Crippen molar-refractivity contribution in [3.05, 3.63) is 18.2 Å². The summed E-state index contributed by atoms with van der Waals surface area (Å²) in [7, 11) is -3.26. The van der Waals surface area contributed by atoms with Crippen molar-refractivity contribution in [1.29, 1.82) is 0 Å². The van der Waals surface area contributed by atoms with Gasteiger partial charge >= 0.3 is 0 Å². The van der Waals surface area contributed by atoms with Gasteiger partial charge in [-0.3, -0.25) is 0 Å². The SMILES string of the molecule is CS(=O)(=O)c1ccc(N2CCC[C@@H](F)C2)c(N)c1. The number of benzene rings is 1. The van der Waals surface area contributed by atoms with E-state index in [1.54, 1.807) is 6.07 Å². The van der Waals surface area contributed by atoms with Crippen molar-refractivity contribution in [2.24, 2.45) is 0 Å². The van der Waals surface area contributed by atoms with Gasteiger partial charge in [-0.2, -0.15) is 0 Å². The number of hydrogen-bond acceptors (Lipinski definition) is 4. The molecule has 0 saturated carbocycles. The smallest absolute Gasteiger partial charge is 0.175 e. The molecule has 1 aromatic rings. The van der Waals surface area contributed by atoms with Gasteiger partial charge in [-0.15, -0.1) is 0 Å². The van der Waals surface area contributed by atoms with Crippen LogP contribution in [0.5, 0.6) is 0 Å². The van der Waals surface area contributed by atoms with Crippen molar-refractivity contribution in [3.8, 4) is 0 Å². The first-order valence-electron chi connectivity index (χ1n) is 5.86. The van der Waals surface area contributed by atoms with Crippen LogP contribution in [0.15, 0.2) is 23.1 Å². The molecule has 18 heavy (non-hydrogen) atoms. The van der Waals surface area contributed by atoms with Crippen molar-refractivity contribution < 1.29 is 12.8 Å². The third-order valence-electron chi connectivity index (χ3n) is 3.13. The van der Waals surface area contributed by atoms with Crippen molar-refractivity contribution >= 4 is 21.2 Å². The molecule has 4 nitrogen and oxygen atoms in total. The van der Waals surface area contributed by atoms with Crippen molar-refractivity contribution in [1.82, 2.24) is 0 Å². The number of halogens is 1. The zero-order valence-corrected chi connectivity index (χ0v) is 11.1. The third-order valence-corrected chi connectivity index (χ3v) is 4.24. The maximum atomic E-state index is 13.3. The fourth-order valence-electron chi connectivity index (χ4n) is 2.20. The highest BCUT2D eigenvalue weighted by atomic mass is 32.2. The number of nitrogens with zero attached hydrogens (tertiary/aromatic N) is 1. The van der Waals surface area contributed by atoms with Crippen LogP contribution < -0.4 is 10.6 Å². The highest BCUT2D eigenvalue weighted by molar-refractivity contribution is 7.90. The van der Waals surface area contributed by atoms with Crippen LogP contribution in [-0.2, 0) is 9.84 Å². The van der Waals surface area contributed by atoms with Gasteiger partial charge in [0.1, 0.15) is 6.17 Å². The Balaban J connectivity index is 2.30. The van der Waals surface area contributed by atoms with Crippen LogP contribution in [0.4, 0.5) is 15.8 Å². The second-order valence-corrected chi connectivity index (χ2v) is 6.69. The fraction of sp³-hybridized carbons (Fsp3) is 0.500. The average Bonchev–Trinajstić information content (AvgIpc) is 2.27. The van der Waals surface area contributed by atoms with E-state index in [0.29, 0.717) is 24.3 Å². The number of piperidine rings is 1. The van der Waals surface area contributed by atoms with E-state index in [4.69, 9.17) is 5.73 Å². The normalized spacial score (nSPS) is 21.0. The minimum Gasteiger partial charge on any atom is -0.397 e. The van der Waals surface area contributed by atoms with Gasteiger partial charge in [-0.1, -0.05) is 0 Å². The molecule has 2 N–H and O–H groups in total. The minimum absolute atomic E-state index is 0.192. The van der Waals surface area contributed by atoms with E-state index in [0.717, 1.165) is 19.2 Å². The Kier molecular flexibility index (Phi) is 3.47. The Bertz CT molecular complexity index is 545. The molecule has 1 atom stereocenters. The van der Waals surface area contributed by atoms with Crippen LogP contribution in [0.1, 0.15) is 12.8 Å². The number of nitrogen functional groups attached to an aromatic ring is 1. The van der Waals surface area contributed by atoms with Crippen LogP contribution in [-0.4, -0.2) is 33.9 Å². The summed E-state index contributed by atoms with van der Waals surface area (Å²) in [6.07, 6.45) is 1.67. The lowest BCUT2D eigenvalue weighted by Crippen LogP contribution is -2.36. The number of rotatable bonds is 2. The standard InChI is InChI=1S/C12H17FN2O2S/c1-18(16,17)10-4-5-12(11(14)7-10)15-6-2-3-9(13)8-15/h4-5,7,9H,2-3,6,8,14H2,1H3/t9-/m1/s1. The Morgan fingerprint density at radius 3 is 2.72 bits per heavy atom. The van der Waals surface area contributed by atoms with Gasteiger partial charge in [0.2, 0.25) is 0 Å². The second kappa shape index (κ2) is 4.76. The van der Waals surface area contributed by atoms with E-state index in [9.17, 15) is 12.8 Å². The molecule has 100 valence electrons. The molecule has 0 radical (unpaired) electrons. The summed E-state index contributed by atoms with van der Waals surface area (Å²) in [5.41, 5.74) is 6.96. The summed E-state index contributed by atoms with van der Waals surface area (Å²) in [5, 5.41) is 0. The second-order valence-electron chi connectivity index (χ2n) is 4.68. The van der Waals surface area contributed by atoms with Crippen molar-refractivity contribution in [3.63, 3.8) is 0 Å². The van der Waals surface area contributed by atoms with Gasteiger partial charge < -0.3 is 10.6 Å². The molecular weight excluding hydrogens is 255 g/mol. The molecule has 0 bridgehead atoms. The van der Waals surface area contributed by atoms with Gasteiger partial charge in [-0.25, -0.2) is 12.8 Å². The van der Waals surface area contributed by atoms with Gasteiger partial charge in [0.05, 0.1) is 16.3 Å². The zero-order valence-electron chi connectivity index (χ0n) is 10.3. The Labute approximate surface area is 107 Å². The van der Waals surface area contributed by atoms with Crippen LogP contribution in [0.2, 0.25) is 0 Å².